The molecule has 1 aliphatic heterocycles. The summed E-state index contributed by atoms with van der Waals surface area (Å²) in [5.74, 6) is 1.25. The molecule has 0 aromatic heterocycles. The largest absolute Gasteiger partial charge is 0.493 e. The fourth-order valence-corrected chi connectivity index (χ4v) is 3.35. The molecule has 2 aromatic carbocycles. The third-order valence-corrected chi connectivity index (χ3v) is 5.14. The normalized spacial score (nSPS) is 14.8. The van der Waals surface area contributed by atoms with Crippen LogP contribution < -0.4 is 19.1 Å². The number of likely N-dealkylation sites (N-methyl/N-ethyl adjacent to an activating group) is 1. The van der Waals surface area contributed by atoms with Gasteiger partial charge in [0.05, 0.1) is 21.3 Å². The average molecular weight is 396 g/mol. The van der Waals surface area contributed by atoms with Gasteiger partial charge in [0.2, 0.25) is 5.75 Å². The van der Waals surface area contributed by atoms with E-state index in [-0.39, 0.29) is 5.78 Å². The van der Waals surface area contributed by atoms with E-state index in [4.69, 9.17) is 14.2 Å². The molecule has 2 aromatic rings. The van der Waals surface area contributed by atoms with Gasteiger partial charge >= 0.3 is 0 Å². The number of nitrogens with zero attached hydrogens (tertiary/aromatic N) is 2. The Hall–Kier alpha value is -2.99. The Kier molecular flexibility index (Phi) is 6.77. The summed E-state index contributed by atoms with van der Waals surface area (Å²) >= 11 is 0. The maximum atomic E-state index is 12.6. The van der Waals surface area contributed by atoms with Crippen molar-refractivity contribution in [1.29, 1.82) is 0 Å². The minimum atomic E-state index is -0.132. The Morgan fingerprint density at radius 1 is 0.897 bits per heavy atom. The van der Waals surface area contributed by atoms with Gasteiger partial charge in [0.1, 0.15) is 0 Å². The van der Waals surface area contributed by atoms with Crippen LogP contribution in [0.1, 0.15) is 15.9 Å². The third-order valence-electron chi connectivity index (χ3n) is 5.14. The summed E-state index contributed by atoms with van der Waals surface area (Å²) in [6, 6.07) is 11.6. The van der Waals surface area contributed by atoms with Gasteiger partial charge in [0, 0.05) is 37.4 Å². The minimum Gasteiger partial charge on any atom is -0.493 e. The summed E-state index contributed by atoms with van der Waals surface area (Å²) in [5, 5.41) is 0. The van der Waals surface area contributed by atoms with Crippen molar-refractivity contribution >= 4 is 17.5 Å². The predicted molar refractivity (Wildman–Crippen MR) is 116 cm³/mol. The molecule has 6 heteroatoms. The van der Waals surface area contributed by atoms with Crippen molar-refractivity contribution in [3.8, 4) is 17.2 Å². The molecule has 0 radical (unpaired) electrons. The van der Waals surface area contributed by atoms with Crippen LogP contribution in [0.25, 0.3) is 6.08 Å². The second-order valence-corrected chi connectivity index (χ2v) is 6.99. The number of hydrogen-bond donors (Lipinski definition) is 0. The van der Waals surface area contributed by atoms with E-state index in [0.717, 1.165) is 31.7 Å². The van der Waals surface area contributed by atoms with Crippen molar-refractivity contribution in [2.45, 2.75) is 0 Å². The van der Waals surface area contributed by atoms with Gasteiger partial charge < -0.3 is 24.0 Å². The molecule has 0 spiro atoms. The lowest BCUT2D eigenvalue weighted by Gasteiger charge is -2.34. The number of allylic oxidation sites excluding steroid dienone is 1. The molecule has 0 atom stereocenters. The van der Waals surface area contributed by atoms with E-state index in [0.29, 0.717) is 22.8 Å². The van der Waals surface area contributed by atoms with Gasteiger partial charge in [0.15, 0.2) is 17.3 Å². The summed E-state index contributed by atoms with van der Waals surface area (Å²) in [7, 11) is 6.75. The van der Waals surface area contributed by atoms with Crippen LogP contribution in [0.15, 0.2) is 42.5 Å². The van der Waals surface area contributed by atoms with E-state index in [9.17, 15) is 4.79 Å². The zero-order chi connectivity index (χ0) is 20.8. The Bertz CT molecular complexity index is 844. The maximum Gasteiger partial charge on any atom is 0.203 e. The molecule has 1 saturated heterocycles. The summed E-state index contributed by atoms with van der Waals surface area (Å²) in [6.07, 6.45) is 3.38. The Labute approximate surface area is 172 Å². The van der Waals surface area contributed by atoms with Crippen molar-refractivity contribution in [1.82, 2.24) is 4.90 Å². The standard InChI is InChI=1S/C23H28N2O4/c1-24-11-13-25(14-12-24)19-8-5-17(6-9-19)7-10-20(26)18-15-21(27-2)23(29-4)22(16-18)28-3/h5-10,15-16H,11-14H2,1-4H3/b10-7+. The summed E-state index contributed by atoms with van der Waals surface area (Å²) in [6.45, 7) is 4.21. The molecule has 1 aliphatic rings. The molecule has 1 heterocycles. The van der Waals surface area contributed by atoms with Crippen molar-refractivity contribution in [2.75, 3.05) is 59.5 Å². The van der Waals surface area contributed by atoms with Gasteiger partial charge in [-0.2, -0.15) is 0 Å². The van der Waals surface area contributed by atoms with E-state index < -0.39 is 0 Å². The van der Waals surface area contributed by atoms with Gasteiger partial charge in [-0.05, 0) is 43.0 Å². The van der Waals surface area contributed by atoms with Crippen LogP contribution in [-0.4, -0.2) is 65.2 Å². The fraction of sp³-hybridized carbons (Fsp3) is 0.348. The van der Waals surface area contributed by atoms with Crippen LogP contribution in [0.3, 0.4) is 0 Å². The minimum absolute atomic E-state index is 0.132. The molecule has 0 unspecified atom stereocenters. The van der Waals surface area contributed by atoms with Crippen molar-refractivity contribution < 1.29 is 19.0 Å². The van der Waals surface area contributed by atoms with E-state index in [1.165, 1.54) is 27.0 Å². The van der Waals surface area contributed by atoms with Gasteiger partial charge in [-0.15, -0.1) is 0 Å². The Morgan fingerprint density at radius 3 is 2.00 bits per heavy atom. The molecule has 0 amide bonds. The second-order valence-electron chi connectivity index (χ2n) is 6.99. The molecule has 154 valence electrons. The highest BCUT2D eigenvalue weighted by Gasteiger charge is 2.16. The number of piperazine rings is 1. The van der Waals surface area contributed by atoms with Gasteiger partial charge in [0.25, 0.3) is 0 Å². The number of ether oxygens (including phenoxy) is 3. The lowest BCUT2D eigenvalue weighted by atomic mass is 10.1. The molecule has 3 rings (SSSR count). The SMILES string of the molecule is COc1cc(C(=O)/C=C/c2ccc(N3CCN(C)CC3)cc2)cc(OC)c1OC. The van der Waals surface area contributed by atoms with Crippen LogP contribution in [0.5, 0.6) is 17.2 Å². The van der Waals surface area contributed by atoms with Crippen LogP contribution in [0.4, 0.5) is 5.69 Å². The first kappa shape index (κ1) is 20.7. The zero-order valence-electron chi connectivity index (χ0n) is 17.5. The Balaban J connectivity index is 1.72. The Morgan fingerprint density at radius 2 is 1.48 bits per heavy atom. The van der Waals surface area contributed by atoms with E-state index in [1.54, 1.807) is 18.2 Å². The summed E-state index contributed by atoms with van der Waals surface area (Å²) in [4.78, 5) is 17.4. The summed E-state index contributed by atoms with van der Waals surface area (Å²) in [5.41, 5.74) is 2.67. The molecule has 0 aliphatic carbocycles. The number of carbonyl (C=O) groups excluding carboxylic acids is 1. The van der Waals surface area contributed by atoms with E-state index in [2.05, 4.69) is 29.0 Å². The highest BCUT2D eigenvalue weighted by atomic mass is 16.5. The van der Waals surface area contributed by atoms with Crippen molar-refractivity contribution in [3.63, 3.8) is 0 Å². The number of hydrogen-bond acceptors (Lipinski definition) is 6. The monoisotopic (exact) mass is 396 g/mol. The predicted octanol–water partition coefficient (Wildman–Crippen LogP) is 3.36. The highest BCUT2D eigenvalue weighted by molar-refractivity contribution is 6.07. The third kappa shape index (κ3) is 4.90. The van der Waals surface area contributed by atoms with E-state index >= 15 is 0 Å². The van der Waals surface area contributed by atoms with E-state index in [1.807, 2.05) is 18.2 Å². The molecule has 0 saturated carbocycles. The second kappa shape index (κ2) is 9.47. The number of rotatable bonds is 7. The molecule has 1 fully saturated rings. The number of anilines is 1. The van der Waals surface area contributed by atoms with Crippen LogP contribution in [0, 0.1) is 0 Å². The lowest BCUT2D eigenvalue weighted by Crippen LogP contribution is -2.44. The molecular weight excluding hydrogens is 368 g/mol. The summed E-state index contributed by atoms with van der Waals surface area (Å²) < 4.78 is 15.9. The van der Waals surface area contributed by atoms with Crippen LogP contribution >= 0.6 is 0 Å². The van der Waals surface area contributed by atoms with Gasteiger partial charge in [-0.25, -0.2) is 0 Å². The van der Waals surface area contributed by atoms with Crippen molar-refractivity contribution in [2.24, 2.45) is 0 Å². The molecule has 0 N–H and O–H groups in total. The molecule has 29 heavy (non-hydrogen) atoms. The number of ketones is 1. The quantitative estimate of drug-likeness (QED) is 0.528. The highest BCUT2D eigenvalue weighted by Crippen LogP contribution is 2.38. The van der Waals surface area contributed by atoms with Crippen molar-refractivity contribution in [3.05, 3.63) is 53.6 Å². The lowest BCUT2D eigenvalue weighted by molar-refractivity contribution is 0.104. The van der Waals surface area contributed by atoms with Crippen LogP contribution in [0.2, 0.25) is 0 Å². The van der Waals surface area contributed by atoms with Gasteiger partial charge in [-0.3, -0.25) is 4.79 Å². The first-order chi connectivity index (χ1) is 14.0. The number of carbonyl (C=O) groups is 1. The first-order valence-corrected chi connectivity index (χ1v) is 9.61. The number of benzene rings is 2. The molecule has 0 bridgehead atoms. The molecule has 6 nitrogen and oxygen atoms in total. The fourth-order valence-electron chi connectivity index (χ4n) is 3.35. The average Bonchev–Trinajstić information content (AvgIpc) is 2.77. The first-order valence-electron chi connectivity index (χ1n) is 9.61. The van der Waals surface area contributed by atoms with Gasteiger partial charge in [-0.1, -0.05) is 18.2 Å². The molecular formula is C23H28N2O4. The zero-order valence-corrected chi connectivity index (χ0v) is 17.5. The maximum absolute atomic E-state index is 12.6. The van der Waals surface area contributed by atoms with Crippen LogP contribution in [-0.2, 0) is 0 Å². The smallest absolute Gasteiger partial charge is 0.203 e. The number of methoxy groups -OCH3 is 3. The topological polar surface area (TPSA) is 51.2 Å².